The fraction of sp³-hybridized carbons (Fsp3) is 0.333. The molecule has 0 aliphatic heterocycles. The van der Waals surface area contributed by atoms with Gasteiger partial charge in [0.05, 0.1) is 0 Å². The Labute approximate surface area is 83.3 Å². The van der Waals surface area contributed by atoms with E-state index in [0.717, 1.165) is 12.1 Å². The second-order valence-electron chi connectivity index (χ2n) is 4.37. The number of halogens is 2. The first kappa shape index (κ1) is 10.9. The van der Waals surface area contributed by atoms with Crippen molar-refractivity contribution in [3.05, 3.63) is 41.5 Å². The van der Waals surface area contributed by atoms with E-state index in [1.54, 1.807) is 6.08 Å². The molecular weight excluding hydrogens is 182 g/mol. The number of benzene rings is 1. The minimum atomic E-state index is -0.417. The molecule has 0 aliphatic carbocycles. The molecule has 0 heterocycles. The molecule has 0 unspecified atom stereocenters. The third-order valence-corrected chi connectivity index (χ3v) is 1.72. The van der Waals surface area contributed by atoms with Crippen LogP contribution in [0.4, 0.5) is 8.78 Å². The van der Waals surface area contributed by atoms with Gasteiger partial charge in [0.15, 0.2) is 0 Å². The summed E-state index contributed by atoms with van der Waals surface area (Å²) in [5.41, 5.74) is 0.263. The van der Waals surface area contributed by atoms with Crippen molar-refractivity contribution in [3.63, 3.8) is 0 Å². The lowest BCUT2D eigenvalue weighted by Crippen LogP contribution is -1.98. The Bertz CT molecular complexity index is 346. The van der Waals surface area contributed by atoms with Crippen molar-refractivity contribution >= 4 is 6.08 Å². The summed E-state index contributed by atoms with van der Waals surface area (Å²) in [4.78, 5) is 0. The van der Waals surface area contributed by atoms with Crippen LogP contribution in [0.25, 0.3) is 6.08 Å². The lowest BCUT2D eigenvalue weighted by molar-refractivity contribution is 0.546. The van der Waals surface area contributed by atoms with Gasteiger partial charge in [0.25, 0.3) is 0 Å². The smallest absolute Gasteiger partial charge is 0.130 e. The molecule has 0 saturated heterocycles. The summed E-state index contributed by atoms with van der Waals surface area (Å²) in [5, 5.41) is 0. The van der Waals surface area contributed by atoms with Crippen molar-refractivity contribution in [2.45, 2.75) is 20.8 Å². The van der Waals surface area contributed by atoms with E-state index in [1.165, 1.54) is 6.07 Å². The van der Waals surface area contributed by atoms with E-state index in [4.69, 9.17) is 0 Å². The second-order valence-corrected chi connectivity index (χ2v) is 4.37. The topological polar surface area (TPSA) is 0 Å². The summed E-state index contributed by atoms with van der Waals surface area (Å²) in [6.45, 7) is 6.00. The van der Waals surface area contributed by atoms with Crippen molar-refractivity contribution in [1.29, 1.82) is 0 Å². The maximum absolute atomic E-state index is 13.1. The molecule has 0 nitrogen and oxygen atoms in total. The zero-order valence-corrected chi connectivity index (χ0v) is 8.64. The van der Waals surface area contributed by atoms with Crippen LogP contribution in [0, 0.1) is 17.0 Å². The molecule has 0 spiro atoms. The number of hydrogen-bond donors (Lipinski definition) is 0. The molecule has 0 atom stereocenters. The van der Waals surface area contributed by atoms with Crippen molar-refractivity contribution in [2.75, 3.05) is 0 Å². The molecule has 0 aromatic heterocycles. The minimum Gasteiger partial charge on any atom is -0.207 e. The van der Waals surface area contributed by atoms with Crippen LogP contribution in [0.3, 0.4) is 0 Å². The molecule has 0 fully saturated rings. The van der Waals surface area contributed by atoms with Gasteiger partial charge in [-0.3, -0.25) is 0 Å². The zero-order chi connectivity index (χ0) is 10.8. The van der Waals surface area contributed by atoms with Gasteiger partial charge >= 0.3 is 0 Å². The highest BCUT2D eigenvalue weighted by atomic mass is 19.1. The molecule has 2 heteroatoms. The predicted molar refractivity (Wildman–Crippen MR) is 54.8 cm³/mol. The maximum atomic E-state index is 13.1. The average Bonchev–Trinajstić information content (AvgIpc) is 2.05. The van der Waals surface area contributed by atoms with Crippen LogP contribution >= 0.6 is 0 Å². The van der Waals surface area contributed by atoms with Gasteiger partial charge in [-0.25, -0.2) is 8.78 Å². The lowest BCUT2D eigenvalue weighted by atomic mass is 9.95. The van der Waals surface area contributed by atoms with E-state index in [-0.39, 0.29) is 5.41 Å². The Morgan fingerprint density at radius 3 is 2.36 bits per heavy atom. The van der Waals surface area contributed by atoms with E-state index in [2.05, 4.69) is 0 Å². The van der Waals surface area contributed by atoms with Gasteiger partial charge in [-0.15, -0.1) is 0 Å². The van der Waals surface area contributed by atoms with Crippen LogP contribution in [0.1, 0.15) is 26.3 Å². The van der Waals surface area contributed by atoms with Gasteiger partial charge in [0.2, 0.25) is 0 Å². The number of hydrogen-bond acceptors (Lipinski definition) is 0. The van der Waals surface area contributed by atoms with E-state index in [1.807, 2.05) is 26.8 Å². The molecule has 0 radical (unpaired) electrons. The van der Waals surface area contributed by atoms with Gasteiger partial charge < -0.3 is 0 Å². The van der Waals surface area contributed by atoms with E-state index in [0.29, 0.717) is 5.56 Å². The fourth-order valence-corrected chi connectivity index (χ4v) is 0.982. The van der Waals surface area contributed by atoms with Crippen LogP contribution in [0.2, 0.25) is 0 Å². The van der Waals surface area contributed by atoms with Gasteiger partial charge in [0.1, 0.15) is 11.6 Å². The molecule has 76 valence electrons. The Hall–Kier alpha value is -1.18. The highest BCUT2D eigenvalue weighted by Crippen LogP contribution is 2.18. The Morgan fingerprint density at radius 1 is 1.14 bits per heavy atom. The molecule has 0 saturated carbocycles. The summed E-state index contributed by atoms with van der Waals surface area (Å²) in [7, 11) is 0. The molecule has 0 aliphatic rings. The van der Waals surface area contributed by atoms with Gasteiger partial charge in [-0.2, -0.15) is 0 Å². The molecule has 0 amide bonds. The summed E-state index contributed by atoms with van der Waals surface area (Å²) in [5.74, 6) is -0.813. The number of rotatable bonds is 1. The van der Waals surface area contributed by atoms with Crippen LogP contribution in [0.15, 0.2) is 24.3 Å². The Kier molecular flexibility index (Phi) is 3.04. The lowest BCUT2D eigenvalue weighted by Gasteiger charge is -2.11. The third kappa shape index (κ3) is 3.29. The summed E-state index contributed by atoms with van der Waals surface area (Å²) >= 11 is 0. The highest BCUT2D eigenvalue weighted by Gasteiger charge is 2.05. The minimum absolute atomic E-state index is 0.0290. The summed E-state index contributed by atoms with van der Waals surface area (Å²) in [6.07, 6.45) is 3.46. The van der Waals surface area contributed by atoms with E-state index >= 15 is 0 Å². The predicted octanol–water partition coefficient (Wildman–Crippen LogP) is 4.02. The van der Waals surface area contributed by atoms with Crippen molar-refractivity contribution in [1.82, 2.24) is 0 Å². The van der Waals surface area contributed by atoms with Crippen molar-refractivity contribution < 1.29 is 8.78 Å². The molecule has 0 N–H and O–H groups in total. The quantitative estimate of drug-likeness (QED) is 0.636. The SMILES string of the molecule is CC(C)(C)C=Cc1cc(F)ccc1F. The highest BCUT2D eigenvalue weighted by molar-refractivity contribution is 5.50. The van der Waals surface area contributed by atoms with Crippen molar-refractivity contribution in [2.24, 2.45) is 5.41 Å². The normalized spacial score (nSPS) is 12.4. The molecular formula is C12H14F2. The molecule has 1 rings (SSSR count). The van der Waals surface area contributed by atoms with Gasteiger partial charge in [-0.05, 0) is 23.6 Å². The van der Waals surface area contributed by atoms with Crippen LogP contribution in [0.5, 0.6) is 0 Å². The fourth-order valence-electron chi connectivity index (χ4n) is 0.982. The number of allylic oxidation sites excluding steroid dienone is 1. The molecule has 1 aromatic rings. The Morgan fingerprint density at radius 2 is 1.79 bits per heavy atom. The van der Waals surface area contributed by atoms with Crippen LogP contribution < -0.4 is 0 Å². The van der Waals surface area contributed by atoms with Crippen molar-refractivity contribution in [3.8, 4) is 0 Å². The third-order valence-electron chi connectivity index (χ3n) is 1.72. The largest absolute Gasteiger partial charge is 0.207 e. The summed E-state index contributed by atoms with van der Waals surface area (Å²) in [6, 6.07) is 3.44. The standard InChI is InChI=1S/C12H14F2/c1-12(2,3)7-6-9-8-10(13)4-5-11(9)14/h4-8H,1-3H3. The second kappa shape index (κ2) is 3.91. The first-order valence-electron chi connectivity index (χ1n) is 4.53. The van der Waals surface area contributed by atoms with Gasteiger partial charge in [-0.1, -0.05) is 32.9 Å². The maximum Gasteiger partial charge on any atom is 0.130 e. The van der Waals surface area contributed by atoms with Crippen LogP contribution in [-0.2, 0) is 0 Å². The zero-order valence-electron chi connectivity index (χ0n) is 8.64. The average molecular weight is 196 g/mol. The first-order valence-corrected chi connectivity index (χ1v) is 4.53. The summed E-state index contributed by atoms with van der Waals surface area (Å²) < 4.78 is 25.9. The van der Waals surface area contributed by atoms with Gasteiger partial charge in [0, 0.05) is 5.56 Å². The molecule has 1 aromatic carbocycles. The molecule has 14 heavy (non-hydrogen) atoms. The Balaban J connectivity index is 2.97. The van der Waals surface area contributed by atoms with E-state index < -0.39 is 11.6 Å². The monoisotopic (exact) mass is 196 g/mol. The van der Waals surface area contributed by atoms with E-state index in [9.17, 15) is 8.78 Å². The first-order chi connectivity index (χ1) is 6.38. The van der Waals surface area contributed by atoms with Crippen LogP contribution in [-0.4, -0.2) is 0 Å². The molecule has 0 bridgehead atoms.